The third kappa shape index (κ3) is 4.29. The van der Waals surface area contributed by atoms with E-state index in [-0.39, 0.29) is 11.9 Å². The van der Waals surface area contributed by atoms with Gasteiger partial charge in [0.15, 0.2) is 0 Å². The van der Waals surface area contributed by atoms with Gasteiger partial charge < -0.3 is 10.6 Å². The molecule has 0 saturated carbocycles. The molecule has 0 fully saturated rings. The lowest BCUT2D eigenvalue weighted by Crippen LogP contribution is -2.26. The maximum atomic E-state index is 14.1. The highest BCUT2D eigenvalue weighted by molar-refractivity contribution is 7.09. The van der Waals surface area contributed by atoms with Crippen molar-refractivity contribution in [2.24, 2.45) is 5.73 Å². The van der Waals surface area contributed by atoms with Gasteiger partial charge in [-0.15, -0.1) is 11.3 Å². The Balaban J connectivity index is 2.11. The van der Waals surface area contributed by atoms with Gasteiger partial charge >= 0.3 is 0 Å². The Kier molecular flexibility index (Phi) is 5.76. The lowest BCUT2D eigenvalue weighted by Gasteiger charge is -2.24. The van der Waals surface area contributed by atoms with E-state index in [9.17, 15) is 4.39 Å². The second-order valence-electron chi connectivity index (χ2n) is 5.36. The fraction of sp³-hybridized carbons (Fsp3) is 0.412. The monoisotopic (exact) mass is 306 g/mol. The number of thiophene rings is 1. The van der Waals surface area contributed by atoms with Crippen molar-refractivity contribution < 1.29 is 4.39 Å². The molecule has 21 heavy (non-hydrogen) atoms. The summed E-state index contributed by atoms with van der Waals surface area (Å²) in [6.07, 6.45) is 2.42. The molecule has 1 aromatic carbocycles. The lowest BCUT2D eigenvalue weighted by atomic mass is 10.0. The van der Waals surface area contributed by atoms with Gasteiger partial charge in [0.25, 0.3) is 0 Å². The summed E-state index contributed by atoms with van der Waals surface area (Å²) in [5.74, 6) is -0.153. The number of hydrogen-bond acceptors (Lipinski definition) is 3. The summed E-state index contributed by atoms with van der Waals surface area (Å²) in [7, 11) is 2.02. The van der Waals surface area contributed by atoms with Crippen molar-refractivity contribution in [2.45, 2.75) is 32.2 Å². The Labute approximate surface area is 130 Å². The minimum Gasteiger partial charge on any atom is -0.374 e. The molecule has 4 heteroatoms. The Bertz CT molecular complexity index is 554. The largest absolute Gasteiger partial charge is 0.374 e. The molecule has 114 valence electrons. The van der Waals surface area contributed by atoms with E-state index in [0.29, 0.717) is 6.42 Å². The molecule has 1 atom stereocenters. The zero-order chi connectivity index (χ0) is 15.2. The highest BCUT2D eigenvalue weighted by Gasteiger charge is 2.14. The summed E-state index contributed by atoms with van der Waals surface area (Å²) >= 11 is 1.76. The highest BCUT2D eigenvalue weighted by atomic mass is 32.1. The first-order valence-electron chi connectivity index (χ1n) is 7.38. The third-order valence-electron chi connectivity index (χ3n) is 3.77. The average Bonchev–Trinajstić information content (AvgIpc) is 3.00. The van der Waals surface area contributed by atoms with Crippen molar-refractivity contribution in [3.05, 3.63) is 52.0 Å². The molecule has 1 heterocycles. The Morgan fingerprint density at radius 3 is 2.76 bits per heavy atom. The van der Waals surface area contributed by atoms with E-state index in [1.807, 2.05) is 20.0 Å². The van der Waals surface area contributed by atoms with E-state index in [1.54, 1.807) is 17.4 Å². The maximum Gasteiger partial charge on any atom is 0.128 e. The smallest absolute Gasteiger partial charge is 0.128 e. The summed E-state index contributed by atoms with van der Waals surface area (Å²) in [4.78, 5) is 3.48. The minimum absolute atomic E-state index is 0.00588. The molecule has 1 aromatic heterocycles. The molecule has 2 aromatic rings. The van der Waals surface area contributed by atoms with Crippen LogP contribution in [0.5, 0.6) is 0 Å². The minimum atomic E-state index is -0.153. The number of halogens is 1. The molecule has 0 saturated heterocycles. The van der Waals surface area contributed by atoms with Crippen LogP contribution in [0.3, 0.4) is 0 Å². The number of hydrogen-bond donors (Lipinski definition) is 1. The van der Waals surface area contributed by atoms with Crippen LogP contribution >= 0.6 is 11.3 Å². The van der Waals surface area contributed by atoms with Crippen LogP contribution in [0.1, 0.15) is 23.8 Å². The Hall–Kier alpha value is -1.39. The summed E-state index contributed by atoms with van der Waals surface area (Å²) in [6, 6.07) is 9.48. The zero-order valence-electron chi connectivity index (χ0n) is 12.7. The van der Waals surface area contributed by atoms with E-state index < -0.39 is 0 Å². The summed E-state index contributed by atoms with van der Waals surface area (Å²) in [6.45, 7) is 2.91. The fourth-order valence-corrected chi connectivity index (χ4v) is 3.06. The molecule has 0 spiro atoms. The Morgan fingerprint density at radius 1 is 1.29 bits per heavy atom. The Morgan fingerprint density at radius 2 is 2.10 bits per heavy atom. The van der Waals surface area contributed by atoms with Crippen molar-refractivity contribution in [3.8, 4) is 0 Å². The van der Waals surface area contributed by atoms with Crippen molar-refractivity contribution in [1.82, 2.24) is 0 Å². The number of anilines is 1. The first-order chi connectivity index (χ1) is 10.1. The molecule has 1 unspecified atom stereocenters. The molecule has 2 rings (SSSR count). The van der Waals surface area contributed by atoms with E-state index in [2.05, 4.69) is 22.4 Å². The SMILES string of the molecule is CCC(N)Cc1c(F)cccc1N(C)CCc1cccs1. The summed E-state index contributed by atoms with van der Waals surface area (Å²) < 4.78 is 14.1. The van der Waals surface area contributed by atoms with Crippen LogP contribution in [-0.4, -0.2) is 19.6 Å². The number of nitrogens with two attached hydrogens (primary N) is 1. The molecule has 0 aliphatic heterocycles. The van der Waals surface area contributed by atoms with Crippen LogP contribution in [0.25, 0.3) is 0 Å². The topological polar surface area (TPSA) is 29.3 Å². The van der Waals surface area contributed by atoms with Crippen LogP contribution in [0.4, 0.5) is 10.1 Å². The van der Waals surface area contributed by atoms with Gasteiger partial charge in [-0.25, -0.2) is 4.39 Å². The quantitative estimate of drug-likeness (QED) is 0.842. The molecule has 2 N–H and O–H groups in total. The van der Waals surface area contributed by atoms with Gasteiger partial charge in [0.1, 0.15) is 5.82 Å². The predicted molar refractivity (Wildman–Crippen MR) is 89.7 cm³/mol. The zero-order valence-corrected chi connectivity index (χ0v) is 13.5. The van der Waals surface area contributed by atoms with Gasteiger partial charge in [0.05, 0.1) is 0 Å². The van der Waals surface area contributed by atoms with Crippen LogP contribution < -0.4 is 10.6 Å². The van der Waals surface area contributed by atoms with Gasteiger partial charge in [-0.1, -0.05) is 19.1 Å². The van der Waals surface area contributed by atoms with E-state index in [0.717, 1.165) is 30.6 Å². The first kappa shape index (κ1) is 16.0. The first-order valence-corrected chi connectivity index (χ1v) is 8.26. The second kappa shape index (κ2) is 7.57. The van der Waals surface area contributed by atoms with E-state index in [4.69, 9.17) is 5.73 Å². The third-order valence-corrected chi connectivity index (χ3v) is 4.71. The highest BCUT2D eigenvalue weighted by Crippen LogP contribution is 2.24. The van der Waals surface area contributed by atoms with Gasteiger partial charge in [-0.05, 0) is 42.8 Å². The number of likely N-dealkylation sites (N-methyl/N-ethyl adjacent to an activating group) is 1. The molecular weight excluding hydrogens is 283 g/mol. The van der Waals surface area contributed by atoms with Crippen LogP contribution in [0.2, 0.25) is 0 Å². The maximum absolute atomic E-state index is 14.1. The number of rotatable bonds is 7. The number of benzene rings is 1. The predicted octanol–water partition coefficient (Wildman–Crippen LogP) is 3.85. The van der Waals surface area contributed by atoms with Crippen molar-refractivity contribution in [3.63, 3.8) is 0 Å². The van der Waals surface area contributed by atoms with Crippen LogP contribution in [0.15, 0.2) is 35.7 Å². The van der Waals surface area contributed by atoms with Gasteiger partial charge in [-0.2, -0.15) is 0 Å². The van der Waals surface area contributed by atoms with E-state index in [1.165, 1.54) is 10.9 Å². The fourth-order valence-electron chi connectivity index (χ4n) is 2.37. The average molecular weight is 306 g/mol. The van der Waals surface area contributed by atoms with Gasteiger partial charge in [0.2, 0.25) is 0 Å². The summed E-state index contributed by atoms with van der Waals surface area (Å²) in [5, 5.41) is 2.09. The van der Waals surface area contributed by atoms with Gasteiger partial charge in [0, 0.05) is 35.8 Å². The molecule has 2 nitrogen and oxygen atoms in total. The van der Waals surface area contributed by atoms with Crippen molar-refractivity contribution in [1.29, 1.82) is 0 Å². The van der Waals surface area contributed by atoms with Gasteiger partial charge in [-0.3, -0.25) is 0 Å². The molecular formula is C17H23FN2S. The summed E-state index contributed by atoms with van der Waals surface area (Å²) in [5.41, 5.74) is 7.70. The van der Waals surface area contributed by atoms with Crippen molar-refractivity contribution >= 4 is 17.0 Å². The van der Waals surface area contributed by atoms with Crippen LogP contribution in [0, 0.1) is 5.82 Å². The molecule has 0 aliphatic rings. The standard InChI is InChI=1S/C17H23FN2S/c1-3-13(19)12-15-16(18)7-4-8-17(15)20(2)10-9-14-6-5-11-21-14/h4-8,11,13H,3,9-10,12,19H2,1-2H3. The molecule has 0 amide bonds. The molecule has 0 aliphatic carbocycles. The van der Waals surface area contributed by atoms with Crippen molar-refractivity contribution in [2.75, 3.05) is 18.5 Å². The molecule has 0 radical (unpaired) electrons. The molecule has 0 bridgehead atoms. The number of nitrogens with zero attached hydrogens (tertiary/aromatic N) is 1. The van der Waals surface area contributed by atoms with E-state index >= 15 is 0 Å². The second-order valence-corrected chi connectivity index (χ2v) is 6.39. The van der Waals surface area contributed by atoms with Crippen LogP contribution in [-0.2, 0) is 12.8 Å². The normalized spacial score (nSPS) is 12.4. The lowest BCUT2D eigenvalue weighted by molar-refractivity contribution is 0.578.